The van der Waals surface area contributed by atoms with E-state index < -0.39 is 24.4 Å². The number of Topliss-reactive ketones (excluding diaryl/α,β-unsaturated/α-hetero) is 1. The Bertz CT molecular complexity index is 1310. The highest BCUT2D eigenvalue weighted by Crippen LogP contribution is 2.26. The normalized spacial score (nSPS) is 16.2. The molecule has 1 N–H and O–H groups in total. The molecule has 7 nitrogen and oxygen atoms in total. The maximum atomic E-state index is 13.0. The Morgan fingerprint density at radius 1 is 1.03 bits per heavy atom. The van der Waals surface area contributed by atoms with Crippen molar-refractivity contribution in [3.8, 4) is 0 Å². The Labute approximate surface area is 218 Å². The molecule has 1 heterocycles. The number of hydrogen-bond acceptors (Lipinski definition) is 6. The number of benzene rings is 3. The molecular weight excluding hydrogens is 503 g/mol. The predicted octanol–water partition coefficient (Wildman–Crippen LogP) is 5.02. The summed E-state index contributed by atoms with van der Waals surface area (Å²) in [6, 6.07) is 19.1. The Balaban J connectivity index is 1.37. The molecule has 2 amide bonds. The predicted molar refractivity (Wildman–Crippen MR) is 136 cm³/mol. The zero-order chi connectivity index (χ0) is 25.8. The van der Waals surface area contributed by atoms with Gasteiger partial charge in [0, 0.05) is 16.6 Å². The van der Waals surface area contributed by atoms with E-state index in [2.05, 4.69) is 5.32 Å². The lowest BCUT2D eigenvalue weighted by Gasteiger charge is -2.19. The number of carbonyl (C=O) groups excluding carboxylic acids is 4. The van der Waals surface area contributed by atoms with Crippen LogP contribution in [0, 0.1) is 0 Å². The average Bonchev–Trinajstić information content (AvgIpc) is 3.15. The highest BCUT2D eigenvalue weighted by molar-refractivity contribution is 6.36. The van der Waals surface area contributed by atoms with Crippen molar-refractivity contribution in [3.05, 3.63) is 99.5 Å². The SMILES string of the molecule is CC(NC1CC(=O)N(c2ccc(C(=O)OCC(=O)c3ccc(Cl)cc3Cl)cc2)C1=O)c1ccccc1. The fourth-order valence-corrected chi connectivity index (χ4v) is 4.44. The van der Waals surface area contributed by atoms with Crippen molar-refractivity contribution in [1.29, 1.82) is 0 Å². The van der Waals surface area contributed by atoms with Crippen molar-refractivity contribution in [1.82, 2.24) is 5.32 Å². The van der Waals surface area contributed by atoms with Crippen LogP contribution in [0.2, 0.25) is 10.0 Å². The first-order valence-corrected chi connectivity index (χ1v) is 11.9. The first-order valence-electron chi connectivity index (χ1n) is 11.2. The first kappa shape index (κ1) is 25.6. The van der Waals surface area contributed by atoms with E-state index in [4.69, 9.17) is 27.9 Å². The standard InChI is InChI=1S/C27H22Cl2N2O5/c1-16(17-5-3-2-4-6-17)30-23-14-25(33)31(26(23)34)20-10-7-18(8-11-20)27(35)36-15-24(32)21-12-9-19(28)13-22(21)29/h2-13,16,23,30H,14-15H2,1H3. The molecule has 1 fully saturated rings. The van der Waals surface area contributed by atoms with Crippen LogP contribution < -0.4 is 10.2 Å². The molecule has 1 saturated heterocycles. The van der Waals surface area contributed by atoms with E-state index in [0.717, 1.165) is 10.5 Å². The van der Waals surface area contributed by atoms with E-state index in [1.54, 1.807) is 0 Å². The number of esters is 1. The molecule has 4 rings (SSSR count). The maximum Gasteiger partial charge on any atom is 0.338 e. The van der Waals surface area contributed by atoms with E-state index in [0.29, 0.717) is 10.7 Å². The summed E-state index contributed by atoms with van der Waals surface area (Å²) in [5, 5.41) is 3.77. The van der Waals surface area contributed by atoms with Crippen LogP contribution in [0.1, 0.15) is 45.7 Å². The topological polar surface area (TPSA) is 92.8 Å². The lowest BCUT2D eigenvalue weighted by Crippen LogP contribution is -2.40. The number of nitrogens with one attached hydrogen (secondary N) is 1. The van der Waals surface area contributed by atoms with Gasteiger partial charge in [0.05, 0.1) is 28.7 Å². The van der Waals surface area contributed by atoms with E-state index in [1.807, 2.05) is 37.3 Å². The van der Waals surface area contributed by atoms with Crippen LogP contribution >= 0.6 is 23.2 Å². The van der Waals surface area contributed by atoms with Crippen molar-refractivity contribution in [2.75, 3.05) is 11.5 Å². The lowest BCUT2D eigenvalue weighted by atomic mass is 10.1. The van der Waals surface area contributed by atoms with Gasteiger partial charge < -0.3 is 4.74 Å². The number of amides is 2. The zero-order valence-electron chi connectivity index (χ0n) is 19.2. The lowest BCUT2D eigenvalue weighted by molar-refractivity contribution is -0.121. The number of anilines is 1. The number of carbonyl (C=O) groups is 4. The molecule has 3 aromatic rings. The minimum absolute atomic E-state index is 0.0369. The second-order valence-electron chi connectivity index (χ2n) is 8.29. The summed E-state index contributed by atoms with van der Waals surface area (Å²) in [5.41, 5.74) is 1.72. The van der Waals surface area contributed by atoms with Crippen molar-refractivity contribution in [3.63, 3.8) is 0 Å². The van der Waals surface area contributed by atoms with Crippen molar-refractivity contribution < 1.29 is 23.9 Å². The molecule has 0 radical (unpaired) electrons. The molecule has 184 valence electrons. The zero-order valence-corrected chi connectivity index (χ0v) is 20.8. The number of ketones is 1. The van der Waals surface area contributed by atoms with Crippen molar-refractivity contribution in [2.24, 2.45) is 0 Å². The van der Waals surface area contributed by atoms with Crippen molar-refractivity contribution >= 4 is 52.5 Å². The summed E-state index contributed by atoms with van der Waals surface area (Å²) < 4.78 is 5.10. The molecular formula is C27H22Cl2N2O5. The van der Waals surface area contributed by atoms with Gasteiger partial charge in [-0.05, 0) is 55.0 Å². The van der Waals surface area contributed by atoms with Gasteiger partial charge in [-0.25, -0.2) is 9.69 Å². The quantitative estimate of drug-likeness (QED) is 0.252. The molecule has 1 aliphatic rings. The molecule has 3 aromatic carbocycles. The van der Waals surface area contributed by atoms with Gasteiger partial charge in [0.1, 0.15) is 0 Å². The Hall–Kier alpha value is -3.52. The van der Waals surface area contributed by atoms with Gasteiger partial charge in [-0.15, -0.1) is 0 Å². The number of hydrogen-bond donors (Lipinski definition) is 1. The first-order chi connectivity index (χ1) is 17.2. The summed E-state index contributed by atoms with van der Waals surface area (Å²) in [5.74, 6) is -1.89. The number of imide groups is 1. The Kier molecular flexibility index (Phi) is 7.84. The highest BCUT2D eigenvalue weighted by atomic mass is 35.5. The monoisotopic (exact) mass is 524 g/mol. The molecule has 0 bridgehead atoms. The molecule has 0 aliphatic carbocycles. The molecule has 36 heavy (non-hydrogen) atoms. The number of halogens is 2. The fourth-order valence-electron chi connectivity index (χ4n) is 3.93. The third kappa shape index (κ3) is 5.65. The largest absolute Gasteiger partial charge is 0.454 e. The summed E-state index contributed by atoms with van der Waals surface area (Å²) in [4.78, 5) is 51.4. The molecule has 2 atom stereocenters. The van der Waals surface area contributed by atoms with Crippen LogP contribution in [0.5, 0.6) is 0 Å². The van der Waals surface area contributed by atoms with Crippen LogP contribution in [-0.2, 0) is 14.3 Å². The second-order valence-corrected chi connectivity index (χ2v) is 9.14. The number of ether oxygens (including phenoxy) is 1. The Morgan fingerprint density at radius 2 is 1.72 bits per heavy atom. The number of rotatable bonds is 8. The minimum Gasteiger partial charge on any atom is -0.454 e. The summed E-state index contributed by atoms with van der Waals surface area (Å²) in [6.07, 6.45) is 0.0369. The number of nitrogens with zero attached hydrogens (tertiary/aromatic N) is 1. The van der Waals surface area contributed by atoms with Crippen LogP contribution in [0.4, 0.5) is 5.69 Å². The van der Waals surface area contributed by atoms with E-state index in [-0.39, 0.29) is 40.4 Å². The highest BCUT2D eigenvalue weighted by Gasteiger charge is 2.40. The van der Waals surface area contributed by atoms with E-state index in [1.165, 1.54) is 42.5 Å². The molecule has 0 saturated carbocycles. The molecule has 9 heteroatoms. The fraction of sp³-hybridized carbons (Fsp3) is 0.185. The van der Waals surface area contributed by atoms with Gasteiger partial charge in [-0.3, -0.25) is 19.7 Å². The molecule has 2 unspecified atom stereocenters. The maximum absolute atomic E-state index is 13.0. The van der Waals surface area contributed by atoms with Gasteiger partial charge >= 0.3 is 5.97 Å². The summed E-state index contributed by atoms with van der Waals surface area (Å²) in [7, 11) is 0. The summed E-state index contributed by atoms with van der Waals surface area (Å²) in [6.45, 7) is 1.43. The van der Waals surface area contributed by atoms with Crippen LogP contribution in [0.3, 0.4) is 0 Å². The molecule has 1 aliphatic heterocycles. The van der Waals surface area contributed by atoms with E-state index in [9.17, 15) is 19.2 Å². The third-order valence-electron chi connectivity index (χ3n) is 5.82. The minimum atomic E-state index is -0.727. The average molecular weight is 525 g/mol. The third-order valence-corrected chi connectivity index (χ3v) is 6.37. The smallest absolute Gasteiger partial charge is 0.338 e. The van der Waals surface area contributed by atoms with Gasteiger partial charge in [0.2, 0.25) is 11.7 Å². The van der Waals surface area contributed by atoms with Gasteiger partial charge in [0.25, 0.3) is 5.91 Å². The van der Waals surface area contributed by atoms with Crippen molar-refractivity contribution in [2.45, 2.75) is 25.4 Å². The van der Waals surface area contributed by atoms with Gasteiger partial charge in [-0.2, -0.15) is 0 Å². The Morgan fingerprint density at radius 3 is 2.39 bits per heavy atom. The summed E-state index contributed by atoms with van der Waals surface area (Å²) >= 11 is 11.9. The van der Waals surface area contributed by atoms with Gasteiger partial charge in [-0.1, -0.05) is 53.5 Å². The van der Waals surface area contributed by atoms with Gasteiger partial charge in [0.15, 0.2) is 6.61 Å². The van der Waals surface area contributed by atoms with E-state index >= 15 is 0 Å². The van der Waals surface area contributed by atoms with Crippen LogP contribution in [0.25, 0.3) is 0 Å². The molecule has 0 spiro atoms. The second kappa shape index (κ2) is 11.0. The van der Waals surface area contributed by atoms with Crippen LogP contribution in [0.15, 0.2) is 72.8 Å². The molecule has 0 aromatic heterocycles. The van der Waals surface area contributed by atoms with Crippen LogP contribution in [-0.4, -0.2) is 36.2 Å².